The van der Waals surface area contributed by atoms with E-state index in [1.54, 1.807) is 31.4 Å². The van der Waals surface area contributed by atoms with Crippen LogP contribution in [-0.2, 0) is 9.59 Å². The molecule has 1 atom stereocenters. The van der Waals surface area contributed by atoms with E-state index in [9.17, 15) is 9.59 Å². The average Bonchev–Trinajstić information content (AvgIpc) is 3.27. The fraction of sp³-hybridized carbons (Fsp3) is 0.158. The zero-order valence-corrected chi connectivity index (χ0v) is 15.2. The quantitative estimate of drug-likeness (QED) is 0.628. The van der Waals surface area contributed by atoms with Crippen molar-refractivity contribution < 1.29 is 18.7 Å². The van der Waals surface area contributed by atoms with Crippen molar-refractivity contribution in [3.05, 3.63) is 54.6 Å². The molecule has 136 valence electrons. The number of methoxy groups -OCH3 is 1. The molecule has 1 aliphatic heterocycles. The minimum atomic E-state index is -0.594. The lowest BCUT2D eigenvalue weighted by Gasteiger charge is -2.14. The minimum absolute atomic E-state index is 0.0819. The Kier molecular flexibility index (Phi) is 4.64. The maximum absolute atomic E-state index is 12.7. The maximum atomic E-state index is 12.7. The second kappa shape index (κ2) is 7.24. The van der Waals surface area contributed by atoms with Crippen molar-refractivity contribution in [2.45, 2.75) is 16.9 Å². The molecule has 2 heterocycles. The molecule has 1 aromatic heterocycles. The van der Waals surface area contributed by atoms with Crippen LogP contribution in [0.4, 0.5) is 5.69 Å². The summed E-state index contributed by atoms with van der Waals surface area (Å²) in [5, 5.41) is 7.66. The zero-order chi connectivity index (χ0) is 18.8. The number of thioether (sulfide) groups is 1. The molecule has 1 aliphatic rings. The van der Waals surface area contributed by atoms with Crippen LogP contribution >= 0.6 is 11.8 Å². The lowest BCUT2D eigenvalue weighted by molar-refractivity contribution is -0.121. The fourth-order valence-electron chi connectivity index (χ4n) is 2.78. The van der Waals surface area contributed by atoms with Gasteiger partial charge in [0, 0.05) is 12.0 Å². The molecule has 0 radical (unpaired) electrons. The van der Waals surface area contributed by atoms with E-state index in [1.165, 1.54) is 4.90 Å². The molecule has 0 N–H and O–H groups in total. The molecule has 1 fully saturated rings. The van der Waals surface area contributed by atoms with E-state index in [0.717, 1.165) is 17.3 Å². The Morgan fingerprint density at radius 1 is 1.07 bits per heavy atom. The summed E-state index contributed by atoms with van der Waals surface area (Å²) in [6.07, 6.45) is 0.0819. The first-order valence-corrected chi connectivity index (χ1v) is 9.10. The molecule has 8 heteroatoms. The fourth-order valence-corrected chi connectivity index (χ4v) is 3.67. The van der Waals surface area contributed by atoms with Crippen molar-refractivity contribution in [1.82, 2.24) is 10.2 Å². The first-order valence-electron chi connectivity index (χ1n) is 8.22. The Morgan fingerprint density at radius 3 is 2.52 bits per heavy atom. The highest BCUT2D eigenvalue weighted by Crippen LogP contribution is 2.34. The normalized spacial score (nSPS) is 16.8. The highest BCUT2D eigenvalue weighted by molar-refractivity contribution is 8.00. The van der Waals surface area contributed by atoms with Gasteiger partial charge in [-0.25, -0.2) is 4.90 Å². The Balaban J connectivity index is 1.50. The third kappa shape index (κ3) is 3.43. The number of carbonyl (C=O) groups excluding carboxylic acids is 2. The Labute approximate surface area is 159 Å². The highest BCUT2D eigenvalue weighted by atomic mass is 32.2. The van der Waals surface area contributed by atoms with E-state index in [0.29, 0.717) is 17.3 Å². The molecule has 0 saturated carbocycles. The van der Waals surface area contributed by atoms with Gasteiger partial charge in [0.25, 0.3) is 5.22 Å². The number of rotatable bonds is 5. The van der Waals surface area contributed by atoms with Gasteiger partial charge in [-0.1, -0.05) is 30.0 Å². The summed E-state index contributed by atoms with van der Waals surface area (Å²) in [5.74, 6) is 0.477. The van der Waals surface area contributed by atoms with Crippen molar-refractivity contribution in [3.8, 4) is 17.2 Å². The van der Waals surface area contributed by atoms with Crippen molar-refractivity contribution in [1.29, 1.82) is 0 Å². The van der Waals surface area contributed by atoms with E-state index in [-0.39, 0.29) is 23.5 Å². The molecular formula is C19H15N3O4S. The van der Waals surface area contributed by atoms with Crippen molar-refractivity contribution in [3.63, 3.8) is 0 Å². The summed E-state index contributed by atoms with van der Waals surface area (Å²) in [5.41, 5.74) is 1.31. The summed E-state index contributed by atoms with van der Waals surface area (Å²) < 4.78 is 10.7. The summed E-state index contributed by atoms with van der Waals surface area (Å²) in [6, 6.07) is 16.1. The Hall–Kier alpha value is -3.13. The molecule has 2 amide bonds. The predicted molar refractivity (Wildman–Crippen MR) is 99.5 cm³/mol. The number of anilines is 1. The highest BCUT2D eigenvalue weighted by Gasteiger charge is 2.41. The predicted octanol–water partition coefficient (Wildman–Crippen LogP) is 3.17. The molecule has 0 spiro atoms. The topological polar surface area (TPSA) is 85.5 Å². The molecule has 3 aromatic rings. The second-order valence-electron chi connectivity index (χ2n) is 5.82. The number of nitrogens with zero attached hydrogens (tertiary/aromatic N) is 3. The molecule has 7 nitrogen and oxygen atoms in total. The van der Waals surface area contributed by atoms with Crippen LogP contribution in [0.25, 0.3) is 11.5 Å². The lowest BCUT2D eigenvalue weighted by atomic mass is 10.2. The van der Waals surface area contributed by atoms with Gasteiger partial charge >= 0.3 is 0 Å². The third-order valence-corrected chi connectivity index (χ3v) is 5.13. The van der Waals surface area contributed by atoms with Crippen LogP contribution in [0.3, 0.4) is 0 Å². The van der Waals surface area contributed by atoms with Crippen LogP contribution in [0.2, 0.25) is 0 Å². The summed E-state index contributed by atoms with van der Waals surface area (Å²) >= 11 is 1.11. The van der Waals surface area contributed by atoms with Gasteiger partial charge < -0.3 is 9.15 Å². The van der Waals surface area contributed by atoms with Gasteiger partial charge in [-0.15, -0.1) is 10.2 Å². The Bertz CT molecular complexity index is 972. The van der Waals surface area contributed by atoms with E-state index in [4.69, 9.17) is 9.15 Å². The molecular weight excluding hydrogens is 366 g/mol. The number of amides is 2. The number of carbonyl (C=O) groups is 2. The summed E-state index contributed by atoms with van der Waals surface area (Å²) in [7, 11) is 1.56. The summed E-state index contributed by atoms with van der Waals surface area (Å²) in [4.78, 5) is 26.3. The first-order chi connectivity index (χ1) is 13.2. The van der Waals surface area contributed by atoms with Crippen molar-refractivity contribution >= 4 is 29.3 Å². The summed E-state index contributed by atoms with van der Waals surface area (Å²) in [6.45, 7) is 0. The lowest BCUT2D eigenvalue weighted by Crippen LogP contribution is -2.31. The maximum Gasteiger partial charge on any atom is 0.277 e. The van der Waals surface area contributed by atoms with Crippen LogP contribution in [0.1, 0.15) is 6.42 Å². The number of ether oxygens (including phenoxy) is 1. The van der Waals surface area contributed by atoms with Crippen LogP contribution in [0.5, 0.6) is 5.75 Å². The molecule has 2 aromatic carbocycles. The van der Waals surface area contributed by atoms with Gasteiger partial charge in [0.2, 0.25) is 17.7 Å². The van der Waals surface area contributed by atoms with Crippen LogP contribution < -0.4 is 9.64 Å². The molecule has 0 unspecified atom stereocenters. The number of imide groups is 1. The zero-order valence-electron chi connectivity index (χ0n) is 14.4. The van der Waals surface area contributed by atoms with Crippen LogP contribution in [0, 0.1) is 0 Å². The first kappa shape index (κ1) is 17.3. The Morgan fingerprint density at radius 2 is 1.81 bits per heavy atom. The van der Waals surface area contributed by atoms with Gasteiger partial charge in [0.1, 0.15) is 11.0 Å². The van der Waals surface area contributed by atoms with E-state index in [2.05, 4.69) is 10.2 Å². The molecule has 4 rings (SSSR count). The number of hydrogen-bond acceptors (Lipinski definition) is 7. The number of benzene rings is 2. The van der Waals surface area contributed by atoms with Gasteiger partial charge in [-0.2, -0.15) is 0 Å². The van der Waals surface area contributed by atoms with Crippen LogP contribution in [0.15, 0.2) is 64.2 Å². The van der Waals surface area contributed by atoms with Crippen LogP contribution in [-0.4, -0.2) is 34.4 Å². The smallest absolute Gasteiger partial charge is 0.277 e. The monoisotopic (exact) mass is 381 g/mol. The van der Waals surface area contributed by atoms with Gasteiger partial charge in [-0.05, 0) is 36.4 Å². The number of hydrogen-bond donors (Lipinski definition) is 0. The van der Waals surface area contributed by atoms with E-state index >= 15 is 0 Å². The van der Waals surface area contributed by atoms with E-state index < -0.39 is 5.25 Å². The number of aromatic nitrogens is 2. The van der Waals surface area contributed by atoms with Crippen molar-refractivity contribution in [2.24, 2.45) is 0 Å². The van der Waals surface area contributed by atoms with Gasteiger partial charge in [0.15, 0.2) is 0 Å². The van der Waals surface area contributed by atoms with Crippen molar-refractivity contribution in [2.75, 3.05) is 12.0 Å². The largest absolute Gasteiger partial charge is 0.497 e. The average molecular weight is 381 g/mol. The molecule has 0 bridgehead atoms. The third-order valence-electron chi connectivity index (χ3n) is 4.11. The van der Waals surface area contributed by atoms with Gasteiger partial charge in [0.05, 0.1) is 12.8 Å². The second-order valence-corrected chi connectivity index (χ2v) is 6.97. The molecule has 27 heavy (non-hydrogen) atoms. The SMILES string of the molecule is COc1ccc(N2C(=O)C[C@@H](Sc3nnc(-c4ccccc4)o3)C2=O)cc1. The van der Waals surface area contributed by atoms with E-state index in [1.807, 2.05) is 30.3 Å². The van der Waals surface area contributed by atoms with Gasteiger partial charge in [-0.3, -0.25) is 9.59 Å². The molecule has 0 aliphatic carbocycles. The molecule has 1 saturated heterocycles. The minimum Gasteiger partial charge on any atom is -0.497 e. The standard InChI is InChI=1S/C19H15N3O4S/c1-25-14-9-7-13(8-10-14)22-16(23)11-15(18(22)24)27-19-21-20-17(26-19)12-5-3-2-4-6-12/h2-10,15H,11H2,1H3/t15-/m1/s1.